The Morgan fingerprint density at radius 2 is 2.04 bits per heavy atom. The summed E-state index contributed by atoms with van der Waals surface area (Å²) in [5, 5.41) is 0. The third kappa shape index (κ3) is 4.77. The summed E-state index contributed by atoms with van der Waals surface area (Å²) in [4.78, 5) is 26.9. The zero-order valence-corrected chi connectivity index (χ0v) is 12.3. The largest absolute Gasteiger partial charge is 0.457 e. The van der Waals surface area contributed by atoms with Crippen LogP contribution >= 0.6 is 0 Å². The highest BCUT2D eigenvalue weighted by molar-refractivity contribution is 5.89. The zero-order chi connectivity index (χ0) is 16.7. The Labute approximate surface area is 132 Å². The Balaban J connectivity index is 1.89. The van der Waals surface area contributed by atoms with Crippen molar-refractivity contribution in [3.8, 4) is 0 Å². The lowest BCUT2D eigenvalue weighted by Crippen LogP contribution is -2.23. The minimum absolute atomic E-state index is 0.129. The first-order chi connectivity index (χ1) is 11.1. The predicted octanol–water partition coefficient (Wildman–Crippen LogP) is 1.93. The number of esters is 1. The van der Waals surface area contributed by atoms with Crippen LogP contribution in [0.15, 0.2) is 59.3 Å². The van der Waals surface area contributed by atoms with Crippen LogP contribution < -0.4 is 11.4 Å². The van der Waals surface area contributed by atoms with Gasteiger partial charge in [0, 0.05) is 12.7 Å². The van der Waals surface area contributed by atoms with Gasteiger partial charge >= 0.3 is 11.7 Å². The standard InChI is InChI=1S/C16H16FN3O3/c17-10-12(6-8-20-9-7-14(18)19-16(20)22)11-23-15(21)13-4-2-1-3-5-13/h1-5,7,9-10H,6,8,11H2,(H2,18,19,22). The summed E-state index contributed by atoms with van der Waals surface area (Å²) in [6, 6.07) is 9.91. The van der Waals surface area contributed by atoms with Gasteiger partial charge in [-0.05, 0) is 30.2 Å². The molecular formula is C16H16FN3O3. The van der Waals surface area contributed by atoms with Crippen molar-refractivity contribution in [3.63, 3.8) is 0 Å². The molecule has 2 rings (SSSR count). The van der Waals surface area contributed by atoms with Gasteiger partial charge in [-0.15, -0.1) is 0 Å². The molecular weight excluding hydrogens is 301 g/mol. The van der Waals surface area contributed by atoms with Crippen LogP contribution in [0.2, 0.25) is 0 Å². The van der Waals surface area contributed by atoms with E-state index in [0.717, 1.165) is 0 Å². The summed E-state index contributed by atoms with van der Waals surface area (Å²) in [6.45, 7) is 0.0339. The maximum absolute atomic E-state index is 12.9. The first-order valence-electron chi connectivity index (χ1n) is 6.93. The van der Waals surface area contributed by atoms with Crippen LogP contribution in [0, 0.1) is 0 Å². The normalized spacial score (nSPS) is 11.3. The molecule has 0 aliphatic heterocycles. The average Bonchev–Trinajstić information content (AvgIpc) is 2.57. The van der Waals surface area contributed by atoms with Crippen LogP contribution in [-0.4, -0.2) is 22.1 Å². The fourth-order valence-corrected chi connectivity index (χ4v) is 1.85. The van der Waals surface area contributed by atoms with Gasteiger partial charge in [0.25, 0.3) is 0 Å². The fourth-order valence-electron chi connectivity index (χ4n) is 1.85. The zero-order valence-electron chi connectivity index (χ0n) is 12.3. The summed E-state index contributed by atoms with van der Waals surface area (Å²) >= 11 is 0. The molecule has 7 heteroatoms. The molecule has 0 saturated carbocycles. The number of carbonyl (C=O) groups excluding carboxylic acids is 1. The van der Waals surface area contributed by atoms with Gasteiger partial charge in [-0.2, -0.15) is 4.98 Å². The molecule has 0 fully saturated rings. The average molecular weight is 317 g/mol. The number of benzene rings is 1. The van der Waals surface area contributed by atoms with Crippen molar-refractivity contribution in [3.05, 3.63) is 70.5 Å². The van der Waals surface area contributed by atoms with Gasteiger partial charge in [0.2, 0.25) is 0 Å². The minimum atomic E-state index is -0.531. The smallest absolute Gasteiger partial charge is 0.349 e. The third-order valence-corrected chi connectivity index (χ3v) is 3.12. The van der Waals surface area contributed by atoms with E-state index < -0.39 is 11.7 Å². The molecule has 2 N–H and O–H groups in total. The van der Waals surface area contributed by atoms with Gasteiger partial charge in [-0.1, -0.05) is 18.2 Å². The Hall–Kier alpha value is -2.96. The second kappa shape index (κ2) is 7.88. The quantitative estimate of drug-likeness (QED) is 0.823. The monoisotopic (exact) mass is 317 g/mol. The maximum Gasteiger partial charge on any atom is 0.349 e. The van der Waals surface area contributed by atoms with Crippen LogP contribution in [0.5, 0.6) is 0 Å². The third-order valence-electron chi connectivity index (χ3n) is 3.12. The van der Waals surface area contributed by atoms with Crippen molar-refractivity contribution >= 4 is 11.8 Å². The molecule has 6 nitrogen and oxygen atoms in total. The van der Waals surface area contributed by atoms with Gasteiger partial charge in [0.1, 0.15) is 12.4 Å². The first kappa shape index (κ1) is 16.4. The van der Waals surface area contributed by atoms with Crippen LogP contribution in [0.1, 0.15) is 16.8 Å². The molecule has 0 amide bonds. The van der Waals surface area contributed by atoms with Crippen molar-refractivity contribution in [1.82, 2.24) is 9.55 Å². The second-order valence-electron chi connectivity index (χ2n) is 4.79. The Morgan fingerprint density at radius 3 is 2.70 bits per heavy atom. The van der Waals surface area contributed by atoms with E-state index in [2.05, 4.69) is 4.98 Å². The molecule has 1 aromatic heterocycles. The topological polar surface area (TPSA) is 87.2 Å². The number of anilines is 1. The molecule has 120 valence electrons. The summed E-state index contributed by atoms with van der Waals surface area (Å²) in [5.41, 5.74) is 5.54. The van der Waals surface area contributed by atoms with E-state index in [1.54, 1.807) is 30.3 Å². The number of hydrogen-bond acceptors (Lipinski definition) is 5. The Morgan fingerprint density at radius 1 is 1.30 bits per heavy atom. The van der Waals surface area contributed by atoms with E-state index >= 15 is 0 Å². The van der Waals surface area contributed by atoms with Gasteiger partial charge in [0.05, 0.1) is 11.9 Å². The molecule has 1 aromatic carbocycles. The van der Waals surface area contributed by atoms with Crippen LogP contribution in [-0.2, 0) is 11.3 Å². The molecule has 0 spiro atoms. The number of aromatic nitrogens is 2. The molecule has 0 atom stereocenters. The van der Waals surface area contributed by atoms with Gasteiger partial charge in [-0.25, -0.2) is 14.0 Å². The molecule has 0 unspecified atom stereocenters. The summed E-state index contributed by atoms with van der Waals surface area (Å²) in [5.74, 6) is -0.402. The van der Waals surface area contributed by atoms with E-state index in [1.165, 1.54) is 16.8 Å². The number of nitrogens with zero attached hydrogens (tertiary/aromatic N) is 2. The lowest BCUT2D eigenvalue weighted by atomic mass is 10.2. The van der Waals surface area contributed by atoms with E-state index in [-0.39, 0.29) is 31.0 Å². The molecule has 1 heterocycles. The van der Waals surface area contributed by atoms with Gasteiger partial charge in [-0.3, -0.25) is 4.57 Å². The van der Waals surface area contributed by atoms with E-state index in [0.29, 0.717) is 11.9 Å². The molecule has 2 aromatic rings. The number of carbonyl (C=O) groups is 1. The van der Waals surface area contributed by atoms with Crippen LogP contribution in [0.3, 0.4) is 0 Å². The first-order valence-corrected chi connectivity index (χ1v) is 6.93. The van der Waals surface area contributed by atoms with E-state index in [1.807, 2.05) is 0 Å². The summed E-state index contributed by atoms with van der Waals surface area (Å²) in [7, 11) is 0. The molecule has 0 radical (unpaired) electrons. The molecule has 0 aliphatic carbocycles. The molecule has 0 aliphatic rings. The lowest BCUT2D eigenvalue weighted by Gasteiger charge is -2.09. The van der Waals surface area contributed by atoms with Gasteiger partial charge in [0.15, 0.2) is 0 Å². The predicted molar refractivity (Wildman–Crippen MR) is 83.4 cm³/mol. The fraction of sp³-hybridized carbons (Fsp3) is 0.188. The molecule has 0 saturated heterocycles. The van der Waals surface area contributed by atoms with Crippen LogP contribution in [0.4, 0.5) is 10.2 Å². The number of hydrogen-bond donors (Lipinski definition) is 1. The molecule has 0 bridgehead atoms. The minimum Gasteiger partial charge on any atom is -0.457 e. The number of halogens is 1. The SMILES string of the molecule is Nc1ccn(CCC(=CF)COC(=O)c2ccccc2)c(=O)n1. The lowest BCUT2D eigenvalue weighted by molar-refractivity contribution is 0.0536. The van der Waals surface area contributed by atoms with Crippen molar-refractivity contribution in [2.45, 2.75) is 13.0 Å². The van der Waals surface area contributed by atoms with Gasteiger partial charge < -0.3 is 10.5 Å². The van der Waals surface area contributed by atoms with E-state index in [9.17, 15) is 14.0 Å². The number of ether oxygens (including phenoxy) is 1. The highest BCUT2D eigenvalue weighted by Crippen LogP contribution is 2.08. The van der Waals surface area contributed by atoms with Crippen LogP contribution in [0.25, 0.3) is 0 Å². The van der Waals surface area contributed by atoms with Crippen molar-refractivity contribution in [2.24, 2.45) is 0 Å². The Kier molecular flexibility index (Phi) is 5.62. The number of aryl methyl sites for hydroxylation is 1. The number of nitrogens with two attached hydrogens (primary N) is 1. The highest BCUT2D eigenvalue weighted by Gasteiger charge is 2.08. The molecule has 23 heavy (non-hydrogen) atoms. The maximum atomic E-state index is 12.9. The highest BCUT2D eigenvalue weighted by atomic mass is 19.1. The summed E-state index contributed by atoms with van der Waals surface area (Å²) in [6.07, 6.45) is 2.08. The van der Waals surface area contributed by atoms with Crippen molar-refractivity contribution < 1.29 is 13.9 Å². The second-order valence-corrected chi connectivity index (χ2v) is 4.79. The Bertz CT molecular complexity index is 757. The van der Waals surface area contributed by atoms with E-state index in [4.69, 9.17) is 10.5 Å². The van der Waals surface area contributed by atoms with Crippen molar-refractivity contribution in [2.75, 3.05) is 12.3 Å². The number of nitrogen functional groups attached to an aromatic ring is 1. The number of rotatable bonds is 6. The van der Waals surface area contributed by atoms with Crippen molar-refractivity contribution in [1.29, 1.82) is 0 Å². The summed E-state index contributed by atoms with van der Waals surface area (Å²) < 4.78 is 19.3.